The van der Waals surface area contributed by atoms with Crippen LogP contribution in [-0.2, 0) is 4.79 Å². The normalized spacial score (nSPS) is 14.4. The van der Waals surface area contributed by atoms with Crippen LogP contribution in [0.15, 0.2) is 78.2 Å². The van der Waals surface area contributed by atoms with Crippen molar-refractivity contribution >= 4 is 23.6 Å². The smallest absolute Gasteiger partial charge is 0.336 e. The molecule has 1 unspecified atom stereocenters. The minimum absolute atomic E-state index is 0.0139. The molecule has 2 N–H and O–H groups in total. The Hall–Kier alpha value is -4.41. The maximum atomic E-state index is 12.4. The zero-order valence-electron chi connectivity index (χ0n) is 21.8. The van der Waals surface area contributed by atoms with E-state index in [1.165, 1.54) is 6.08 Å². The van der Waals surface area contributed by atoms with Gasteiger partial charge in [0.2, 0.25) is 5.88 Å². The summed E-state index contributed by atoms with van der Waals surface area (Å²) in [5.41, 5.74) is 8.72. The first-order chi connectivity index (χ1) is 18.9. The molecule has 0 saturated heterocycles. The Bertz CT molecular complexity index is 1440. The van der Waals surface area contributed by atoms with Gasteiger partial charge in [-0.1, -0.05) is 55.6 Å². The molecule has 4 rings (SSSR count). The molecule has 0 aromatic heterocycles. The highest BCUT2D eigenvalue weighted by Gasteiger charge is 2.31. The van der Waals surface area contributed by atoms with Gasteiger partial charge in [-0.25, -0.2) is 4.79 Å². The number of carbonyl (C=O) groups is 1. The zero-order valence-corrected chi connectivity index (χ0v) is 22.5. The van der Waals surface area contributed by atoms with E-state index in [-0.39, 0.29) is 17.2 Å². The lowest BCUT2D eigenvalue weighted by atomic mass is 9.83. The number of ether oxygens (including phenoxy) is 4. The van der Waals surface area contributed by atoms with Crippen molar-refractivity contribution in [2.45, 2.75) is 32.1 Å². The third-order valence-electron chi connectivity index (χ3n) is 6.22. The predicted octanol–water partition coefficient (Wildman–Crippen LogP) is 6.75. The van der Waals surface area contributed by atoms with Gasteiger partial charge in [-0.05, 0) is 54.0 Å². The van der Waals surface area contributed by atoms with E-state index in [0.717, 1.165) is 30.4 Å². The van der Waals surface area contributed by atoms with E-state index >= 15 is 0 Å². The zero-order chi connectivity index (χ0) is 27.8. The average Bonchev–Trinajstić information content (AvgIpc) is 2.94. The van der Waals surface area contributed by atoms with Crippen LogP contribution in [0.2, 0.25) is 5.02 Å². The predicted molar refractivity (Wildman–Crippen MR) is 150 cm³/mol. The van der Waals surface area contributed by atoms with E-state index in [0.29, 0.717) is 34.4 Å². The largest absolute Gasteiger partial charge is 0.493 e. The molecule has 1 atom stereocenters. The highest BCUT2D eigenvalue weighted by molar-refractivity contribution is 6.30. The number of halogens is 1. The van der Waals surface area contributed by atoms with E-state index in [9.17, 15) is 10.1 Å². The summed E-state index contributed by atoms with van der Waals surface area (Å²) in [6, 6.07) is 19.8. The number of methoxy groups -OCH3 is 1. The molecule has 3 aromatic rings. The molecular weight excluding hydrogens is 516 g/mol. The molecule has 1 heterocycles. The third-order valence-corrected chi connectivity index (χ3v) is 6.47. The molecule has 3 aromatic carbocycles. The fraction of sp³-hybridized carbons (Fsp3) is 0.226. The fourth-order valence-corrected chi connectivity index (χ4v) is 4.37. The van der Waals surface area contributed by atoms with Gasteiger partial charge in [0.1, 0.15) is 23.1 Å². The van der Waals surface area contributed by atoms with Crippen molar-refractivity contribution in [2.24, 2.45) is 5.73 Å². The van der Waals surface area contributed by atoms with Crippen molar-refractivity contribution in [3.8, 4) is 29.1 Å². The summed E-state index contributed by atoms with van der Waals surface area (Å²) in [5.74, 6) is 0.788. The highest BCUT2D eigenvalue weighted by Crippen LogP contribution is 2.45. The van der Waals surface area contributed by atoms with Gasteiger partial charge in [-0.2, -0.15) is 5.26 Å². The van der Waals surface area contributed by atoms with Crippen molar-refractivity contribution < 1.29 is 23.7 Å². The van der Waals surface area contributed by atoms with Gasteiger partial charge < -0.3 is 24.7 Å². The second kappa shape index (κ2) is 12.9. The van der Waals surface area contributed by atoms with E-state index in [1.54, 1.807) is 55.7 Å². The Morgan fingerprint density at radius 2 is 1.90 bits per heavy atom. The van der Waals surface area contributed by atoms with E-state index in [2.05, 4.69) is 13.0 Å². The average molecular weight is 545 g/mol. The first-order valence-electron chi connectivity index (χ1n) is 12.6. The van der Waals surface area contributed by atoms with Gasteiger partial charge in [0.05, 0.1) is 19.6 Å². The van der Waals surface area contributed by atoms with Gasteiger partial charge in [0.25, 0.3) is 0 Å². The number of nitriles is 1. The molecule has 0 bridgehead atoms. The molecule has 0 aliphatic carbocycles. The Morgan fingerprint density at radius 1 is 1.10 bits per heavy atom. The Kier molecular flexibility index (Phi) is 9.14. The topological polar surface area (TPSA) is 104 Å². The maximum absolute atomic E-state index is 12.4. The maximum Gasteiger partial charge on any atom is 0.336 e. The molecule has 0 radical (unpaired) electrons. The summed E-state index contributed by atoms with van der Waals surface area (Å²) < 4.78 is 22.7. The van der Waals surface area contributed by atoms with Crippen LogP contribution in [0.3, 0.4) is 0 Å². The number of carbonyl (C=O) groups excluding carboxylic acids is 1. The number of rotatable bonds is 10. The monoisotopic (exact) mass is 544 g/mol. The van der Waals surface area contributed by atoms with Crippen molar-refractivity contribution in [1.29, 1.82) is 5.26 Å². The number of esters is 1. The summed E-state index contributed by atoms with van der Waals surface area (Å²) in [7, 11) is 1.58. The molecule has 0 spiro atoms. The van der Waals surface area contributed by atoms with Crippen LogP contribution in [0.25, 0.3) is 6.08 Å². The van der Waals surface area contributed by atoms with Crippen molar-refractivity contribution in [2.75, 3.05) is 13.7 Å². The first-order valence-corrected chi connectivity index (χ1v) is 13.0. The van der Waals surface area contributed by atoms with Gasteiger partial charge in [0, 0.05) is 22.7 Å². The number of allylic oxidation sites excluding steroid dienone is 1. The van der Waals surface area contributed by atoms with Crippen LogP contribution < -0.4 is 24.7 Å². The molecule has 0 amide bonds. The Morgan fingerprint density at radius 3 is 2.62 bits per heavy atom. The van der Waals surface area contributed by atoms with Crippen LogP contribution in [0.4, 0.5) is 0 Å². The first kappa shape index (κ1) is 27.6. The van der Waals surface area contributed by atoms with Gasteiger partial charge >= 0.3 is 5.97 Å². The van der Waals surface area contributed by atoms with Gasteiger partial charge in [0.15, 0.2) is 11.5 Å². The lowest BCUT2D eigenvalue weighted by Crippen LogP contribution is -2.21. The summed E-state index contributed by atoms with van der Waals surface area (Å²) in [5, 5.41) is 10.5. The van der Waals surface area contributed by atoms with Crippen molar-refractivity contribution in [3.05, 3.63) is 99.9 Å². The second-order valence-electron chi connectivity index (χ2n) is 8.90. The van der Waals surface area contributed by atoms with Gasteiger partial charge in [-0.15, -0.1) is 0 Å². The van der Waals surface area contributed by atoms with Crippen LogP contribution in [0.1, 0.15) is 48.8 Å². The number of benzene rings is 3. The van der Waals surface area contributed by atoms with E-state index < -0.39 is 11.9 Å². The summed E-state index contributed by atoms with van der Waals surface area (Å²) in [6.45, 7) is 2.73. The molecule has 1 aliphatic rings. The molecule has 0 fully saturated rings. The highest BCUT2D eigenvalue weighted by atomic mass is 35.5. The molecule has 7 nitrogen and oxygen atoms in total. The van der Waals surface area contributed by atoms with Gasteiger partial charge in [-0.3, -0.25) is 0 Å². The Labute approximate surface area is 233 Å². The van der Waals surface area contributed by atoms with Crippen molar-refractivity contribution in [3.63, 3.8) is 0 Å². The van der Waals surface area contributed by atoms with Crippen LogP contribution in [0.5, 0.6) is 23.0 Å². The summed E-state index contributed by atoms with van der Waals surface area (Å²) in [6.07, 6.45) is 6.11. The van der Waals surface area contributed by atoms with Crippen LogP contribution in [0, 0.1) is 11.3 Å². The number of hydrogen-bond donors (Lipinski definition) is 1. The lowest BCUT2D eigenvalue weighted by molar-refractivity contribution is -0.128. The Balaban J connectivity index is 1.57. The minimum atomic E-state index is -0.558. The van der Waals surface area contributed by atoms with Crippen LogP contribution in [-0.4, -0.2) is 19.7 Å². The molecule has 8 heteroatoms. The fourth-order valence-electron chi connectivity index (χ4n) is 4.25. The quantitative estimate of drug-likeness (QED) is 0.130. The summed E-state index contributed by atoms with van der Waals surface area (Å²) >= 11 is 5.90. The SMILES string of the molecule is CCCCCOc1ccc(C2C(C#N)=C(N)Oc3cc(OC(=O)/C=C/c4ccc(Cl)cc4)ccc32)cc1OC. The molecule has 1 aliphatic heterocycles. The van der Waals surface area contributed by atoms with Crippen LogP contribution >= 0.6 is 11.6 Å². The number of nitrogens with zero attached hydrogens (tertiary/aromatic N) is 1. The number of unbranched alkanes of at least 4 members (excludes halogenated alkanes) is 2. The number of hydrogen-bond acceptors (Lipinski definition) is 7. The van der Waals surface area contributed by atoms with Crippen molar-refractivity contribution in [1.82, 2.24) is 0 Å². The molecule has 0 saturated carbocycles. The number of nitrogens with two attached hydrogens (primary N) is 1. The second-order valence-corrected chi connectivity index (χ2v) is 9.33. The molecular formula is C31H29ClN2O5. The third kappa shape index (κ3) is 6.73. The van der Waals surface area contributed by atoms with E-state index in [4.69, 9.17) is 36.3 Å². The summed E-state index contributed by atoms with van der Waals surface area (Å²) in [4.78, 5) is 12.4. The molecule has 200 valence electrons. The standard InChI is InChI=1S/C31H29ClN2O5/c1-3-4-5-16-37-26-14-9-21(17-28(26)36-2)30-24-13-12-23(18-27(24)39-31(34)25(30)19-33)38-29(35)15-8-20-6-10-22(32)11-7-20/h6-15,17-18,30H,3-5,16,34H2,1-2H3/b15-8+. The molecule has 39 heavy (non-hydrogen) atoms. The number of fused-ring (bicyclic) bond motifs is 1. The minimum Gasteiger partial charge on any atom is -0.493 e. The lowest BCUT2D eigenvalue weighted by Gasteiger charge is -2.27. The van der Waals surface area contributed by atoms with E-state index in [1.807, 2.05) is 18.2 Å².